The van der Waals surface area contributed by atoms with Gasteiger partial charge in [0.15, 0.2) is 11.5 Å². The Bertz CT molecular complexity index is 486. The van der Waals surface area contributed by atoms with E-state index in [0.29, 0.717) is 17.2 Å². The van der Waals surface area contributed by atoms with E-state index in [1.807, 2.05) is 0 Å². The highest BCUT2D eigenvalue weighted by Crippen LogP contribution is 2.36. The highest BCUT2D eigenvalue weighted by molar-refractivity contribution is 5.73. The van der Waals surface area contributed by atoms with Crippen molar-refractivity contribution in [3.8, 4) is 17.2 Å². The third-order valence-corrected chi connectivity index (χ3v) is 2.77. The molecule has 6 nitrogen and oxygen atoms in total. The summed E-state index contributed by atoms with van der Waals surface area (Å²) in [6.45, 7) is 3.78. The van der Waals surface area contributed by atoms with Gasteiger partial charge in [-0.3, -0.25) is 4.79 Å². The van der Waals surface area contributed by atoms with Gasteiger partial charge in [-0.25, -0.2) is 0 Å². The minimum atomic E-state index is -1.04. The summed E-state index contributed by atoms with van der Waals surface area (Å²) in [5.74, 6) is 0.845. The zero-order valence-electron chi connectivity index (χ0n) is 10.9. The fraction of sp³-hybridized carbons (Fsp3) is 0.462. The minimum Gasteiger partial charge on any atom is -0.488 e. The summed E-state index contributed by atoms with van der Waals surface area (Å²) in [5.41, 5.74) is 4.83. The largest absolute Gasteiger partial charge is 0.488 e. The molecule has 0 spiro atoms. The van der Waals surface area contributed by atoms with Crippen molar-refractivity contribution in [2.45, 2.75) is 31.9 Å². The first-order valence-corrected chi connectivity index (χ1v) is 5.94. The van der Waals surface area contributed by atoms with E-state index in [1.54, 1.807) is 32.0 Å². The van der Waals surface area contributed by atoms with Crippen molar-refractivity contribution in [3.05, 3.63) is 18.2 Å². The predicted molar refractivity (Wildman–Crippen MR) is 67.5 cm³/mol. The number of benzene rings is 1. The van der Waals surface area contributed by atoms with E-state index >= 15 is 0 Å². The molecule has 0 saturated heterocycles. The monoisotopic (exact) mass is 267 g/mol. The lowest BCUT2D eigenvalue weighted by Gasteiger charge is -2.28. The number of carboxylic acid groups (broad SMARTS) is 1. The highest BCUT2D eigenvalue weighted by Gasteiger charge is 2.27. The molecule has 0 fully saturated rings. The molecule has 3 N–H and O–H groups in total. The number of carbonyl (C=O) groups is 1. The molecule has 0 aliphatic carbocycles. The standard InChI is InChI=1S/C13H17NO5/c1-13(2,6-9(14)12(15)16)19-8-3-4-10-11(5-8)18-7-17-10/h3-5,9H,6-7,14H2,1-2H3,(H,15,16). The second kappa shape index (κ2) is 4.97. The van der Waals surface area contributed by atoms with Crippen molar-refractivity contribution in [2.24, 2.45) is 5.73 Å². The Kier molecular flexibility index (Phi) is 3.53. The fourth-order valence-electron chi connectivity index (χ4n) is 1.92. The van der Waals surface area contributed by atoms with Gasteiger partial charge in [-0.2, -0.15) is 0 Å². The maximum absolute atomic E-state index is 10.8. The number of carboxylic acids is 1. The Balaban J connectivity index is 2.05. The third-order valence-electron chi connectivity index (χ3n) is 2.77. The van der Waals surface area contributed by atoms with Crippen LogP contribution in [-0.4, -0.2) is 29.5 Å². The Labute approximate surface area is 111 Å². The average molecular weight is 267 g/mol. The summed E-state index contributed by atoms with van der Waals surface area (Å²) >= 11 is 0. The van der Waals surface area contributed by atoms with E-state index in [0.717, 1.165) is 0 Å². The molecule has 1 aliphatic rings. The molecular formula is C13H17NO5. The molecule has 104 valence electrons. The maximum Gasteiger partial charge on any atom is 0.320 e. The number of hydrogen-bond donors (Lipinski definition) is 2. The van der Waals surface area contributed by atoms with Crippen LogP contribution in [0.15, 0.2) is 18.2 Å². The Morgan fingerprint density at radius 1 is 1.47 bits per heavy atom. The topological polar surface area (TPSA) is 91.0 Å². The van der Waals surface area contributed by atoms with E-state index in [4.69, 9.17) is 25.1 Å². The quantitative estimate of drug-likeness (QED) is 0.837. The van der Waals surface area contributed by atoms with E-state index in [9.17, 15) is 4.79 Å². The fourth-order valence-corrected chi connectivity index (χ4v) is 1.92. The first kappa shape index (κ1) is 13.5. The molecule has 1 aliphatic heterocycles. The predicted octanol–water partition coefficient (Wildman–Crippen LogP) is 1.37. The van der Waals surface area contributed by atoms with Gasteiger partial charge in [-0.1, -0.05) is 0 Å². The molecular weight excluding hydrogens is 250 g/mol. The molecule has 1 unspecified atom stereocenters. The van der Waals surface area contributed by atoms with E-state index < -0.39 is 17.6 Å². The molecule has 0 radical (unpaired) electrons. The van der Waals surface area contributed by atoms with Crippen molar-refractivity contribution in [2.75, 3.05) is 6.79 Å². The highest BCUT2D eigenvalue weighted by atomic mass is 16.7. The number of fused-ring (bicyclic) bond motifs is 1. The van der Waals surface area contributed by atoms with Gasteiger partial charge in [0.25, 0.3) is 0 Å². The smallest absolute Gasteiger partial charge is 0.320 e. The van der Waals surface area contributed by atoms with Gasteiger partial charge < -0.3 is 25.1 Å². The van der Waals surface area contributed by atoms with Crippen LogP contribution in [0.5, 0.6) is 17.2 Å². The zero-order chi connectivity index (χ0) is 14.0. The number of ether oxygens (including phenoxy) is 3. The second-order valence-electron chi connectivity index (χ2n) is 5.03. The molecule has 19 heavy (non-hydrogen) atoms. The van der Waals surface area contributed by atoms with Crippen LogP contribution in [0.25, 0.3) is 0 Å². The number of rotatable bonds is 5. The van der Waals surface area contributed by atoms with Gasteiger partial charge in [0.1, 0.15) is 17.4 Å². The minimum absolute atomic E-state index is 0.200. The zero-order valence-corrected chi connectivity index (χ0v) is 10.9. The van der Waals surface area contributed by atoms with Crippen LogP contribution in [0.4, 0.5) is 0 Å². The van der Waals surface area contributed by atoms with Crippen LogP contribution >= 0.6 is 0 Å². The molecule has 2 rings (SSSR count). The lowest BCUT2D eigenvalue weighted by Crippen LogP contribution is -2.41. The van der Waals surface area contributed by atoms with Gasteiger partial charge in [0, 0.05) is 12.5 Å². The van der Waals surface area contributed by atoms with Gasteiger partial charge >= 0.3 is 5.97 Å². The summed E-state index contributed by atoms with van der Waals surface area (Å²) < 4.78 is 16.2. The third kappa shape index (κ3) is 3.29. The first-order valence-electron chi connectivity index (χ1n) is 5.94. The SMILES string of the molecule is CC(C)(CC(N)C(=O)O)Oc1ccc2c(c1)OCO2. The van der Waals surface area contributed by atoms with Crippen molar-refractivity contribution in [1.29, 1.82) is 0 Å². The molecule has 1 aromatic carbocycles. The van der Waals surface area contributed by atoms with E-state index in [1.165, 1.54) is 0 Å². The Hall–Kier alpha value is -1.95. The molecule has 6 heteroatoms. The van der Waals surface area contributed by atoms with Crippen molar-refractivity contribution < 1.29 is 24.1 Å². The van der Waals surface area contributed by atoms with Gasteiger partial charge in [0.2, 0.25) is 6.79 Å². The average Bonchev–Trinajstić information content (AvgIpc) is 2.74. The number of aliphatic carboxylic acids is 1. The summed E-state index contributed by atoms with van der Waals surface area (Å²) in [4.78, 5) is 10.8. The summed E-state index contributed by atoms with van der Waals surface area (Å²) in [5, 5.41) is 8.82. The molecule has 0 amide bonds. The number of hydrogen-bond acceptors (Lipinski definition) is 5. The molecule has 0 bridgehead atoms. The molecule has 0 aromatic heterocycles. The molecule has 1 aromatic rings. The van der Waals surface area contributed by atoms with E-state index in [2.05, 4.69) is 0 Å². The van der Waals surface area contributed by atoms with E-state index in [-0.39, 0.29) is 13.2 Å². The second-order valence-corrected chi connectivity index (χ2v) is 5.03. The normalized spacial score (nSPS) is 15.1. The van der Waals surface area contributed by atoms with Gasteiger partial charge in [-0.15, -0.1) is 0 Å². The van der Waals surface area contributed by atoms with Crippen LogP contribution in [0.3, 0.4) is 0 Å². The lowest BCUT2D eigenvalue weighted by molar-refractivity contribution is -0.139. The van der Waals surface area contributed by atoms with Crippen molar-refractivity contribution in [3.63, 3.8) is 0 Å². The lowest BCUT2D eigenvalue weighted by atomic mass is 9.99. The van der Waals surface area contributed by atoms with Gasteiger partial charge in [-0.05, 0) is 26.0 Å². The number of nitrogens with two attached hydrogens (primary N) is 1. The van der Waals surface area contributed by atoms with Crippen LogP contribution in [0.2, 0.25) is 0 Å². The van der Waals surface area contributed by atoms with Crippen LogP contribution in [0.1, 0.15) is 20.3 Å². The van der Waals surface area contributed by atoms with Crippen LogP contribution in [-0.2, 0) is 4.79 Å². The summed E-state index contributed by atoms with van der Waals surface area (Å²) in [6.07, 6.45) is 0.205. The van der Waals surface area contributed by atoms with Gasteiger partial charge in [0.05, 0.1) is 0 Å². The molecule has 1 atom stereocenters. The maximum atomic E-state index is 10.8. The van der Waals surface area contributed by atoms with Crippen molar-refractivity contribution in [1.82, 2.24) is 0 Å². The van der Waals surface area contributed by atoms with Crippen LogP contribution in [0, 0.1) is 0 Å². The molecule has 1 heterocycles. The molecule has 0 saturated carbocycles. The Morgan fingerprint density at radius 3 is 2.84 bits per heavy atom. The first-order chi connectivity index (χ1) is 8.87. The van der Waals surface area contributed by atoms with Crippen molar-refractivity contribution >= 4 is 5.97 Å². The summed E-state index contributed by atoms with van der Waals surface area (Å²) in [6, 6.07) is 4.27. The Morgan fingerprint density at radius 2 is 2.16 bits per heavy atom. The summed E-state index contributed by atoms with van der Waals surface area (Å²) in [7, 11) is 0. The van der Waals surface area contributed by atoms with Crippen LogP contribution < -0.4 is 19.9 Å².